The Kier molecular flexibility index (Phi) is 5.17. The van der Waals surface area contributed by atoms with Crippen LogP contribution in [0.5, 0.6) is 0 Å². The molecular weight excluding hydrogens is 268 g/mol. The molecule has 2 atom stereocenters. The second kappa shape index (κ2) is 6.89. The van der Waals surface area contributed by atoms with Gasteiger partial charge in [0.05, 0.1) is 12.2 Å². The molecule has 0 unspecified atom stereocenters. The molecule has 1 aromatic heterocycles. The number of hydrogen-bond donors (Lipinski definition) is 1. The van der Waals surface area contributed by atoms with Gasteiger partial charge in [0.25, 0.3) is 0 Å². The molecule has 0 saturated carbocycles. The second-order valence-electron chi connectivity index (χ2n) is 5.74. The summed E-state index contributed by atoms with van der Waals surface area (Å²) in [5.41, 5.74) is 0. The highest BCUT2D eigenvalue weighted by Crippen LogP contribution is 2.20. The van der Waals surface area contributed by atoms with E-state index in [0.717, 1.165) is 26.1 Å². The van der Waals surface area contributed by atoms with Crippen LogP contribution < -0.4 is 15.1 Å². The zero-order valence-electron chi connectivity index (χ0n) is 13.6. The minimum Gasteiger partial charge on any atom is -0.372 e. The largest absolute Gasteiger partial charge is 0.372 e. The Morgan fingerprint density at radius 2 is 1.86 bits per heavy atom. The standard InChI is InChI=1S/C14H26N6O/c1-6-7-15-12-16-13(19(4)5)18-14(17-12)20-8-10(2)21-11(3)9-20/h10-11H,6-9H2,1-5H3,(H,15,16,17,18)/t10-,11+. The van der Waals surface area contributed by atoms with Crippen molar-refractivity contribution in [1.82, 2.24) is 15.0 Å². The molecule has 1 aromatic rings. The Labute approximate surface area is 126 Å². The van der Waals surface area contributed by atoms with E-state index < -0.39 is 0 Å². The SMILES string of the molecule is CCCNc1nc(N(C)C)nc(N2C[C@@H](C)O[C@@H](C)C2)n1. The van der Waals surface area contributed by atoms with Crippen LogP contribution in [0, 0.1) is 0 Å². The summed E-state index contributed by atoms with van der Waals surface area (Å²) in [6.07, 6.45) is 1.39. The lowest BCUT2D eigenvalue weighted by atomic mass is 10.2. The molecule has 1 aliphatic rings. The van der Waals surface area contributed by atoms with Crippen LogP contribution in [0.2, 0.25) is 0 Å². The zero-order valence-corrected chi connectivity index (χ0v) is 13.6. The molecule has 2 rings (SSSR count). The van der Waals surface area contributed by atoms with Gasteiger partial charge >= 0.3 is 0 Å². The van der Waals surface area contributed by atoms with E-state index in [4.69, 9.17) is 4.74 Å². The molecule has 1 N–H and O–H groups in total. The molecule has 0 radical (unpaired) electrons. The Balaban J connectivity index is 2.26. The van der Waals surface area contributed by atoms with Crippen molar-refractivity contribution in [2.45, 2.75) is 39.4 Å². The average Bonchev–Trinajstić information content (AvgIpc) is 2.43. The first-order chi connectivity index (χ1) is 9.99. The maximum absolute atomic E-state index is 5.77. The van der Waals surface area contributed by atoms with Gasteiger partial charge in [-0.05, 0) is 20.3 Å². The predicted molar refractivity (Wildman–Crippen MR) is 85.2 cm³/mol. The van der Waals surface area contributed by atoms with Gasteiger partial charge in [-0.25, -0.2) is 0 Å². The van der Waals surface area contributed by atoms with Crippen molar-refractivity contribution in [3.63, 3.8) is 0 Å². The van der Waals surface area contributed by atoms with Crippen molar-refractivity contribution >= 4 is 17.8 Å². The second-order valence-corrected chi connectivity index (χ2v) is 5.74. The van der Waals surface area contributed by atoms with Crippen LogP contribution in [-0.2, 0) is 4.74 Å². The van der Waals surface area contributed by atoms with Crippen molar-refractivity contribution in [1.29, 1.82) is 0 Å². The molecule has 0 aliphatic carbocycles. The van der Waals surface area contributed by atoms with Gasteiger partial charge in [-0.2, -0.15) is 15.0 Å². The Morgan fingerprint density at radius 1 is 1.19 bits per heavy atom. The maximum atomic E-state index is 5.77. The van der Waals surface area contributed by atoms with Crippen molar-refractivity contribution in [2.24, 2.45) is 0 Å². The summed E-state index contributed by atoms with van der Waals surface area (Å²) < 4.78 is 5.77. The number of aromatic nitrogens is 3. The summed E-state index contributed by atoms with van der Waals surface area (Å²) in [7, 11) is 3.88. The van der Waals surface area contributed by atoms with Crippen molar-refractivity contribution in [2.75, 3.05) is 48.8 Å². The van der Waals surface area contributed by atoms with Crippen molar-refractivity contribution in [3.05, 3.63) is 0 Å². The smallest absolute Gasteiger partial charge is 0.232 e. The number of ether oxygens (including phenoxy) is 1. The first-order valence-electron chi connectivity index (χ1n) is 7.57. The number of hydrogen-bond acceptors (Lipinski definition) is 7. The normalized spacial score (nSPS) is 22.2. The third-order valence-corrected chi connectivity index (χ3v) is 3.25. The quantitative estimate of drug-likeness (QED) is 0.879. The van der Waals surface area contributed by atoms with Gasteiger partial charge < -0.3 is 19.9 Å². The van der Waals surface area contributed by atoms with Crippen molar-refractivity contribution in [3.8, 4) is 0 Å². The number of nitrogens with one attached hydrogen (secondary N) is 1. The lowest BCUT2D eigenvalue weighted by molar-refractivity contribution is -0.00572. The van der Waals surface area contributed by atoms with Gasteiger partial charge in [0.1, 0.15) is 0 Å². The number of nitrogens with zero attached hydrogens (tertiary/aromatic N) is 5. The van der Waals surface area contributed by atoms with Crippen LogP contribution in [0.1, 0.15) is 27.2 Å². The van der Waals surface area contributed by atoms with Gasteiger partial charge in [0.2, 0.25) is 17.8 Å². The topological polar surface area (TPSA) is 66.4 Å². The van der Waals surface area contributed by atoms with Gasteiger partial charge in [0.15, 0.2) is 0 Å². The minimum absolute atomic E-state index is 0.181. The van der Waals surface area contributed by atoms with E-state index >= 15 is 0 Å². The molecule has 7 heteroatoms. The van der Waals surface area contributed by atoms with E-state index in [2.05, 4.69) is 45.9 Å². The molecule has 0 bridgehead atoms. The fourth-order valence-electron chi connectivity index (χ4n) is 2.35. The van der Waals surface area contributed by atoms with E-state index in [1.807, 2.05) is 19.0 Å². The monoisotopic (exact) mass is 294 g/mol. The third kappa shape index (κ3) is 4.17. The van der Waals surface area contributed by atoms with Crippen LogP contribution in [0.15, 0.2) is 0 Å². The van der Waals surface area contributed by atoms with E-state index in [1.54, 1.807) is 0 Å². The van der Waals surface area contributed by atoms with Crippen LogP contribution in [0.25, 0.3) is 0 Å². The van der Waals surface area contributed by atoms with Gasteiger partial charge in [0, 0.05) is 33.7 Å². The fraction of sp³-hybridized carbons (Fsp3) is 0.786. The summed E-state index contributed by atoms with van der Waals surface area (Å²) in [5.74, 6) is 2.03. The van der Waals surface area contributed by atoms with Crippen LogP contribution in [0.4, 0.5) is 17.8 Å². The van der Waals surface area contributed by atoms with E-state index in [-0.39, 0.29) is 12.2 Å². The van der Waals surface area contributed by atoms with Gasteiger partial charge in [-0.15, -0.1) is 0 Å². The third-order valence-electron chi connectivity index (χ3n) is 3.25. The highest BCUT2D eigenvalue weighted by Gasteiger charge is 2.25. The zero-order chi connectivity index (χ0) is 15.4. The van der Waals surface area contributed by atoms with Crippen LogP contribution >= 0.6 is 0 Å². The first kappa shape index (κ1) is 15.8. The average molecular weight is 294 g/mol. The molecule has 1 fully saturated rings. The number of morpholine rings is 1. The molecule has 118 valence electrons. The molecule has 2 heterocycles. The highest BCUT2D eigenvalue weighted by atomic mass is 16.5. The summed E-state index contributed by atoms with van der Waals surface area (Å²) in [5, 5.41) is 3.24. The molecule has 1 aliphatic heterocycles. The van der Waals surface area contributed by atoms with Gasteiger partial charge in [-0.1, -0.05) is 6.92 Å². The van der Waals surface area contributed by atoms with E-state index in [9.17, 15) is 0 Å². The number of anilines is 3. The van der Waals surface area contributed by atoms with Crippen LogP contribution in [0.3, 0.4) is 0 Å². The Hall–Kier alpha value is -1.63. The van der Waals surface area contributed by atoms with E-state index in [1.165, 1.54) is 0 Å². The van der Waals surface area contributed by atoms with Crippen LogP contribution in [-0.4, -0.2) is 60.9 Å². The predicted octanol–water partition coefficient (Wildman–Crippen LogP) is 1.37. The lowest BCUT2D eigenvalue weighted by Gasteiger charge is -2.35. The molecule has 0 aromatic carbocycles. The summed E-state index contributed by atoms with van der Waals surface area (Å²) in [4.78, 5) is 17.6. The van der Waals surface area contributed by atoms with E-state index in [0.29, 0.717) is 17.8 Å². The minimum atomic E-state index is 0.181. The Morgan fingerprint density at radius 3 is 2.43 bits per heavy atom. The summed E-state index contributed by atoms with van der Waals surface area (Å²) in [6.45, 7) is 8.72. The lowest BCUT2D eigenvalue weighted by Crippen LogP contribution is -2.46. The molecule has 1 saturated heterocycles. The molecule has 7 nitrogen and oxygen atoms in total. The Bertz CT molecular complexity index is 457. The molecule has 0 spiro atoms. The maximum Gasteiger partial charge on any atom is 0.232 e. The first-order valence-corrected chi connectivity index (χ1v) is 7.57. The molecular formula is C14H26N6O. The summed E-state index contributed by atoms with van der Waals surface area (Å²) >= 11 is 0. The summed E-state index contributed by atoms with van der Waals surface area (Å²) in [6, 6.07) is 0. The van der Waals surface area contributed by atoms with Crippen molar-refractivity contribution < 1.29 is 4.74 Å². The molecule has 0 amide bonds. The molecule has 21 heavy (non-hydrogen) atoms. The highest BCUT2D eigenvalue weighted by molar-refractivity contribution is 5.45. The number of rotatable bonds is 5. The fourth-order valence-corrected chi connectivity index (χ4v) is 2.35. The van der Waals surface area contributed by atoms with Gasteiger partial charge in [-0.3, -0.25) is 0 Å².